The van der Waals surface area contributed by atoms with Crippen LogP contribution in [-0.4, -0.2) is 26.1 Å². The van der Waals surface area contributed by atoms with Crippen molar-refractivity contribution < 1.29 is 9.21 Å². The van der Waals surface area contributed by atoms with Gasteiger partial charge in [0.2, 0.25) is 5.13 Å². The molecule has 0 bridgehead atoms. The van der Waals surface area contributed by atoms with Crippen molar-refractivity contribution in [3.8, 4) is 22.0 Å². The highest BCUT2D eigenvalue weighted by molar-refractivity contribution is 7.18. The van der Waals surface area contributed by atoms with Gasteiger partial charge in [0.05, 0.1) is 17.3 Å². The monoisotopic (exact) mass is 399 g/mol. The van der Waals surface area contributed by atoms with Crippen LogP contribution in [0, 0.1) is 0 Å². The average Bonchev–Trinajstić information content (AvgIpc) is 3.46. The number of amides is 1. The van der Waals surface area contributed by atoms with Gasteiger partial charge < -0.3 is 4.42 Å². The van der Waals surface area contributed by atoms with Crippen molar-refractivity contribution in [1.29, 1.82) is 0 Å². The number of nitrogens with zero attached hydrogens (tertiary/aromatic N) is 4. The van der Waals surface area contributed by atoms with Crippen molar-refractivity contribution in [1.82, 2.24) is 20.2 Å². The van der Waals surface area contributed by atoms with Crippen LogP contribution >= 0.6 is 11.3 Å². The molecule has 1 aromatic carbocycles. The lowest BCUT2D eigenvalue weighted by Crippen LogP contribution is -2.13. The van der Waals surface area contributed by atoms with Crippen LogP contribution in [0.2, 0.25) is 0 Å². The first-order chi connectivity index (χ1) is 14.3. The number of furan rings is 1. The summed E-state index contributed by atoms with van der Waals surface area (Å²) in [5.41, 5.74) is 2.69. The number of pyridine rings is 2. The molecule has 0 spiro atoms. The van der Waals surface area contributed by atoms with E-state index in [1.165, 1.54) is 11.3 Å². The molecule has 5 rings (SSSR count). The maximum Gasteiger partial charge on any atom is 0.258 e. The number of rotatable bonds is 4. The van der Waals surface area contributed by atoms with E-state index in [1.54, 1.807) is 30.8 Å². The van der Waals surface area contributed by atoms with Gasteiger partial charge in [-0.25, -0.2) is 4.98 Å². The molecule has 0 saturated carbocycles. The third kappa shape index (κ3) is 3.37. The second-order valence-electron chi connectivity index (χ2n) is 6.15. The quantitative estimate of drug-likeness (QED) is 0.472. The van der Waals surface area contributed by atoms with E-state index in [4.69, 9.17) is 4.42 Å². The molecule has 0 saturated heterocycles. The van der Waals surface area contributed by atoms with E-state index in [1.807, 2.05) is 42.5 Å². The summed E-state index contributed by atoms with van der Waals surface area (Å²) >= 11 is 1.30. The van der Waals surface area contributed by atoms with E-state index in [0.29, 0.717) is 32.7 Å². The summed E-state index contributed by atoms with van der Waals surface area (Å²) in [7, 11) is 0. The molecule has 0 unspecified atom stereocenters. The zero-order valence-electron chi connectivity index (χ0n) is 14.9. The minimum Gasteiger partial charge on any atom is -0.463 e. The molecule has 1 N–H and O–H groups in total. The summed E-state index contributed by atoms with van der Waals surface area (Å²) in [6.45, 7) is 0. The summed E-state index contributed by atoms with van der Waals surface area (Å²) in [5, 5.41) is 13.0. The second kappa shape index (κ2) is 7.25. The van der Waals surface area contributed by atoms with Crippen LogP contribution in [0.1, 0.15) is 10.4 Å². The Balaban J connectivity index is 1.50. The SMILES string of the molecule is O=C(Nc1nnc(-c2ccncc2)s1)c1cc(-c2ccco2)nc2ccccc12. The van der Waals surface area contributed by atoms with E-state index in [-0.39, 0.29) is 5.91 Å². The lowest BCUT2D eigenvalue weighted by Gasteiger charge is -2.08. The van der Waals surface area contributed by atoms with Crippen molar-refractivity contribution in [2.45, 2.75) is 0 Å². The zero-order valence-corrected chi connectivity index (χ0v) is 15.8. The molecule has 0 aliphatic heterocycles. The fourth-order valence-electron chi connectivity index (χ4n) is 2.96. The normalized spacial score (nSPS) is 10.9. The maximum absolute atomic E-state index is 13.1. The standard InChI is InChI=1S/C21H13N5O2S/c27-19(24-21-26-25-20(29-21)13-7-9-22-10-8-13)15-12-17(18-6-3-11-28-18)23-16-5-2-1-4-14(15)16/h1-12H,(H,24,26,27). The fraction of sp³-hybridized carbons (Fsp3) is 0. The van der Waals surface area contributed by atoms with Crippen molar-refractivity contribution in [2.75, 3.05) is 5.32 Å². The minimum absolute atomic E-state index is 0.283. The molecule has 4 heterocycles. The smallest absolute Gasteiger partial charge is 0.258 e. The lowest BCUT2D eigenvalue weighted by atomic mass is 10.1. The zero-order chi connectivity index (χ0) is 19.6. The van der Waals surface area contributed by atoms with Gasteiger partial charge in [0.15, 0.2) is 5.76 Å². The highest BCUT2D eigenvalue weighted by Crippen LogP contribution is 2.28. The Morgan fingerprint density at radius 1 is 1.00 bits per heavy atom. The number of hydrogen-bond acceptors (Lipinski definition) is 7. The second-order valence-corrected chi connectivity index (χ2v) is 7.13. The van der Waals surface area contributed by atoms with E-state index >= 15 is 0 Å². The van der Waals surface area contributed by atoms with Crippen LogP contribution < -0.4 is 5.32 Å². The Morgan fingerprint density at radius 2 is 1.86 bits per heavy atom. The Hall–Kier alpha value is -3.91. The Morgan fingerprint density at radius 3 is 2.69 bits per heavy atom. The summed E-state index contributed by atoms with van der Waals surface area (Å²) in [4.78, 5) is 21.7. The van der Waals surface area contributed by atoms with E-state index in [2.05, 4.69) is 25.5 Å². The summed E-state index contributed by atoms with van der Waals surface area (Å²) in [5.74, 6) is 0.314. The molecule has 140 valence electrons. The van der Waals surface area contributed by atoms with Crippen LogP contribution in [0.4, 0.5) is 5.13 Å². The third-order valence-electron chi connectivity index (χ3n) is 4.31. The van der Waals surface area contributed by atoms with E-state index in [0.717, 1.165) is 10.9 Å². The number of carbonyl (C=O) groups is 1. The van der Waals surface area contributed by atoms with Crippen LogP contribution in [0.15, 0.2) is 77.7 Å². The summed E-state index contributed by atoms with van der Waals surface area (Å²) < 4.78 is 5.45. The number of benzene rings is 1. The summed E-state index contributed by atoms with van der Waals surface area (Å²) in [6.07, 6.45) is 4.95. The Labute approximate surface area is 169 Å². The highest BCUT2D eigenvalue weighted by Gasteiger charge is 2.17. The molecule has 29 heavy (non-hydrogen) atoms. The first-order valence-corrected chi connectivity index (χ1v) is 9.58. The molecule has 5 aromatic rings. The van der Waals surface area contributed by atoms with Gasteiger partial charge in [-0.05, 0) is 36.4 Å². The van der Waals surface area contributed by atoms with Crippen LogP contribution in [0.25, 0.3) is 32.9 Å². The molecule has 4 aromatic heterocycles. The summed E-state index contributed by atoms with van der Waals surface area (Å²) in [6, 6.07) is 16.5. The lowest BCUT2D eigenvalue weighted by molar-refractivity contribution is 0.102. The molecule has 1 amide bonds. The molecule has 0 fully saturated rings. The fourth-order valence-corrected chi connectivity index (χ4v) is 3.71. The van der Waals surface area contributed by atoms with Crippen molar-refractivity contribution in [2.24, 2.45) is 0 Å². The topological polar surface area (TPSA) is 93.8 Å². The molecule has 7 nitrogen and oxygen atoms in total. The number of anilines is 1. The maximum atomic E-state index is 13.1. The first kappa shape index (κ1) is 17.2. The molecular formula is C21H13N5O2S. The highest BCUT2D eigenvalue weighted by atomic mass is 32.1. The number of nitrogens with one attached hydrogen (secondary N) is 1. The van der Waals surface area contributed by atoms with Gasteiger partial charge in [0, 0.05) is 23.3 Å². The predicted octanol–water partition coefficient (Wildman–Crippen LogP) is 4.66. The van der Waals surface area contributed by atoms with Gasteiger partial charge in [-0.3, -0.25) is 15.1 Å². The first-order valence-electron chi connectivity index (χ1n) is 8.77. The molecule has 0 atom stereocenters. The van der Waals surface area contributed by atoms with Gasteiger partial charge in [-0.1, -0.05) is 29.5 Å². The van der Waals surface area contributed by atoms with Crippen LogP contribution in [-0.2, 0) is 0 Å². The predicted molar refractivity (Wildman–Crippen MR) is 111 cm³/mol. The van der Waals surface area contributed by atoms with E-state index < -0.39 is 0 Å². The van der Waals surface area contributed by atoms with Gasteiger partial charge >= 0.3 is 0 Å². The average molecular weight is 399 g/mol. The number of para-hydroxylation sites is 1. The van der Waals surface area contributed by atoms with Crippen LogP contribution in [0.3, 0.4) is 0 Å². The number of aromatic nitrogens is 4. The molecule has 8 heteroatoms. The molecule has 0 aliphatic carbocycles. The molecule has 0 radical (unpaired) electrons. The van der Waals surface area contributed by atoms with Crippen molar-refractivity contribution >= 4 is 33.3 Å². The largest absolute Gasteiger partial charge is 0.463 e. The number of fused-ring (bicyclic) bond motifs is 1. The van der Waals surface area contributed by atoms with E-state index in [9.17, 15) is 4.79 Å². The van der Waals surface area contributed by atoms with Gasteiger partial charge in [0.1, 0.15) is 10.7 Å². The van der Waals surface area contributed by atoms with Crippen LogP contribution in [0.5, 0.6) is 0 Å². The Bertz CT molecular complexity index is 1300. The van der Waals surface area contributed by atoms with Gasteiger partial charge in [0.25, 0.3) is 5.91 Å². The van der Waals surface area contributed by atoms with Crippen molar-refractivity contribution in [3.63, 3.8) is 0 Å². The Kier molecular flexibility index (Phi) is 4.30. The van der Waals surface area contributed by atoms with Crippen molar-refractivity contribution in [3.05, 3.63) is 78.8 Å². The third-order valence-corrected chi connectivity index (χ3v) is 5.19. The van der Waals surface area contributed by atoms with Gasteiger partial charge in [-0.15, -0.1) is 10.2 Å². The minimum atomic E-state index is -0.283. The number of hydrogen-bond donors (Lipinski definition) is 1. The molecule has 0 aliphatic rings. The van der Waals surface area contributed by atoms with Gasteiger partial charge in [-0.2, -0.15) is 0 Å². The number of carbonyl (C=O) groups excluding carboxylic acids is 1. The molecular weight excluding hydrogens is 386 g/mol.